The first kappa shape index (κ1) is 33.7. The maximum absolute atomic E-state index is 13.8. The summed E-state index contributed by atoms with van der Waals surface area (Å²) in [6, 6.07) is 15.3. The van der Waals surface area contributed by atoms with Crippen LogP contribution in [0, 0.1) is 5.92 Å². The van der Waals surface area contributed by atoms with Gasteiger partial charge in [0.15, 0.2) is 0 Å². The van der Waals surface area contributed by atoms with Crippen LogP contribution in [0.1, 0.15) is 104 Å². The molecule has 10 nitrogen and oxygen atoms in total. The van der Waals surface area contributed by atoms with E-state index in [4.69, 9.17) is 19.7 Å². The molecule has 0 saturated carbocycles. The lowest BCUT2D eigenvalue weighted by atomic mass is 9.81. The highest BCUT2D eigenvalue weighted by Gasteiger charge is 2.32. The predicted molar refractivity (Wildman–Crippen MR) is 199 cm³/mol. The number of nitrogens with zero attached hydrogens (tertiary/aromatic N) is 6. The fourth-order valence-corrected chi connectivity index (χ4v) is 7.86. The van der Waals surface area contributed by atoms with Crippen molar-refractivity contribution in [1.82, 2.24) is 29.5 Å². The van der Waals surface area contributed by atoms with Crippen molar-refractivity contribution in [3.8, 4) is 11.4 Å². The smallest absolute Gasteiger partial charge is 0.339 e. The van der Waals surface area contributed by atoms with Gasteiger partial charge in [0, 0.05) is 35.1 Å². The number of carbonyl (C=O) groups excluding carboxylic acids is 2. The highest BCUT2D eigenvalue weighted by molar-refractivity contribution is 6.04. The molecule has 0 bridgehead atoms. The summed E-state index contributed by atoms with van der Waals surface area (Å²) in [5.74, 6) is -0.434. The summed E-state index contributed by atoms with van der Waals surface area (Å²) in [6.07, 6.45) is 15.1. The quantitative estimate of drug-likeness (QED) is 0.154. The van der Waals surface area contributed by atoms with Gasteiger partial charge in [-0.05, 0) is 152 Å². The fraction of sp³-hybridized carbons (Fsp3) is 0.381. The average molecular weight is 697 g/mol. The number of aromatic nitrogens is 6. The number of aryl methyl sites for hydroxylation is 2. The first-order valence-electron chi connectivity index (χ1n) is 18.3. The number of hydrogen-bond donors (Lipinski definition) is 0. The maximum atomic E-state index is 13.8. The molecule has 0 fully saturated rings. The van der Waals surface area contributed by atoms with E-state index in [0.717, 1.165) is 77.4 Å². The molecule has 10 heteroatoms. The number of esters is 2. The first-order chi connectivity index (χ1) is 24.9. The van der Waals surface area contributed by atoms with E-state index >= 15 is 0 Å². The molecule has 52 heavy (non-hydrogen) atoms. The van der Waals surface area contributed by atoms with E-state index in [1.54, 1.807) is 24.5 Å². The molecule has 4 aromatic heterocycles. The van der Waals surface area contributed by atoms with Gasteiger partial charge in [0.2, 0.25) is 0 Å². The van der Waals surface area contributed by atoms with E-state index in [9.17, 15) is 9.59 Å². The molecule has 0 spiro atoms. The van der Waals surface area contributed by atoms with Crippen LogP contribution in [0.25, 0.3) is 33.2 Å². The zero-order chi connectivity index (χ0) is 36.2. The lowest BCUT2D eigenvalue weighted by molar-refractivity contribution is -0.0122. The lowest BCUT2D eigenvalue weighted by Gasteiger charge is -2.31. The van der Waals surface area contributed by atoms with Crippen LogP contribution in [0.15, 0.2) is 73.3 Å². The van der Waals surface area contributed by atoms with Crippen molar-refractivity contribution in [2.24, 2.45) is 5.92 Å². The summed E-state index contributed by atoms with van der Waals surface area (Å²) in [7, 11) is 0. The Labute approximate surface area is 303 Å². The standard InChI is InChI=1S/C42H44N6O4/c1-41(2,3)51-39(49)31-16-18-43-35-14-12-29(21-33(31)35)47-25-28-11-10-26(20-37(28)46-47)23-42(4,5)52-40(50)32-17-19-44-36-15-13-30(22-34(32)36)48-38-9-7-6-8-27(38)24-45-48/h12-19,21-22,24-26H,6-11,20,23H2,1-5H3. The summed E-state index contributed by atoms with van der Waals surface area (Å²) in [4.78, 5) is 35.8. The summed E-state index contributed by atoms with van der Waals surface area (Å²) in [6.45, 7) is 9.57. The van der Waals surface area contributed by atoms with E-state index in [2.05, 4.69) is 16.2 Å². The van der Waals surface area contributed by atoms with Gasteiger partial charge in [-0.1, -0.05) is 0 Å². The van der Waals surface area contributed by atoms with Crippen LogP contribution in [-0.4, -0.2) is 52.7 Å². The molecule has 2 aliphatic rings. The highest BCUT2D eigenvalue weighted by atomic mass is 16.6. The molecule has 4 heterocycles. The molecule has 8 rings (SSSR count). The van der Waals surface area contributed by atoms with Crippen molar-refractivity contribution in [3.05, 3.63) is 107 Å². The van der Waals surface area contributed by atoms with Gasteiger partial charge in [-0.25, -0.2) is 19.0 Å². The Morgan fingerprint density at radius 3 is 2.15 bits per heavy atom. The second-order valence-corrected chi connectivity index (χ2v) is 15.9. The summed E-state index contributed by atoms with van der Waals surface area (Å²) in [5.41, 5.74) is 7.75. The van der Waals surface area contributed by atoms with Crippen LogP contribution >= 0.6 is 0 Å². The van der Waals surface area contributed by atoms with Gasteiger partial charge in [-0.2, -0.15) is 10.2 Å². The van der Waals surface area contributed by atoms with E-state index in [0.29, 0.717) is 23.5 Å². The van der Waals surface area contributed by atoms with Gasteiger partial charge in [0.1, 0.15) is 11.2 Å². The number of carbonyl (C=O) groups is 2. The Balaban J connectivity index is 0.979. The Morgan fingerprint density at radius 1 is 0.788 bits per heavy atom. The number of pyridine rings is 2. The molecule has 0 aliphatic heterocycles. The lowest BCUT2D eigenvalue weighted by Crippen LogP contribution is -2.32. The zero-order valence-electron chi connectivity index (χ0n) is 30.5. The van der Waals surface area contributed by atoms with E-state index in [1.807, 2.05) is 86.6 Å². The minimum Gasteiger partial charge on any atom is -0.456 e. The largest absolute Gasteiger partial charge is 0.456 e. The Kier molecular flexibility index (Phi) is 8.43. The average Bonchev–Trinajstić information content (AvgIpc) is 3.74. The summed E-state index contributed by atoms with van der Waals surface area (Å²) < 4.78 is 15.8. The molecule has 6 aromatic rings. The van der Waals surface area contributed by atoms with Crippen molar-refractivity contribution in [2.45, 2.75) is 97.2 Å². The number of benzene rings is 2. The first-order valence-corrected chi connectivity index (χ1v) is 18.3. The number of ether oxygens (including phenoxy) is 2. The van der Waals surface area contributed by atoms with Gasteiger partial charge in [0.25, 0.3) is 0 Å². The molecular weight excluding hydrogens is 652 g/mol. The molecule has 2 aliphatic carbocycles. The molecule has 0 N–H and O–H groups in total. The SMILES string of the molecule is CC(C)(C)OC(=O)c1ccnc2ccc(-n3cc4c(n3)CC(CC(C)(C)OC(=O)c3ccnc5ccc(-n6ncc7c6CCCC7)cc35)CC4)cc12. The minimum absolute atomic E-state index is 0.296. The van der Waals surface area contributed by atoms with E-state index in [1.165, 1.54) is 23.2 Å². The van der Waals surface area contributed by atoms with Gasteiger partial charge in [-0.3, -0.25) is 9.97 Å². The topological polar surface area (TPSA) is 114 Å². The molecule has 2 aromatic carbocycles. The molecule has 1 atom stereocenters. The van der Waals surface area contributed by atoms with E-state index < -0.39 is 11.2 Å². The predicted octanol–water partition coefficient (Wildman–Crippen LogP) is 8.12. The van der Waals surface area contributed by atoms with Gasteiger partial charge in [0.05, 0.1) is 45.4 Å². The Bertz CT molecular complexity index is 2350. The second-order valence-electron chi connectivity index (χ2n) is 15.9. The van der Waals surface area contributed by atoms with Gasteiger partial charge in [-0.15, -0.1) is 0 Å². The summed E-state index contributed by atoms with van der Waals surface area (Å²) in [5, 5.41) is 11.2. The van der Waals surface area contributed by atoms with Crippen molar-refractivity contribution in [2.75, 3.05) is 0 Å². The van der Waals surface area contributed by atoms with Crippen molar-refractivity contribution in [3.63, 3.8) is 0 Å². The van der Waals surface area contributed by atoms with Crippen molar-refractivity contribution >= 4 is 33.7 Å². The van der Waals surface area contributed by atoms with Gasteiger partial charge >= 0.3 is 11.9 Å². The molecule has 1 unspecified atom stereocenters. The fourth-order valence-electron chi connectivity index (χ4n) is 7.86. The van der Waals surface area contributed by atoms with Crippen LogP contribution in [0.5, 0.6) is 0 Å². The van der Waals surface area contributed by atoms with Gasteiger partial charge < -0.3 is 9.47 Å². The van der Waals surface area contributed by atoms with Crippen LogP contribution < -0.4 is 0 Å². The highest BCUT2D eigenvalue weighted by Crippen LogP contribution is 2.34. The third-order valence-corrected chi connectivity index (χ3v) is 10.2. The zero-order valence-corrected chi connectivity index (χ0v) is 30.5. The second kappa shape index (κ2) is 13.0. The molecule has 0 radical (unpaired) electrons. The Hall–Kier alpha value is -5.38. The third kappa shape index (κ3) is 6.69. The number of rotatable bonds is 7. The monoisotopic (exact) mass is 696 g/mol. The molecule has 0 saturated heterocycles. The summed E-state index contributed by atoms with van der Waals surface area (Å²) >= 11 is 0. The van der Waals surface area contributed by atoms with Crippen LogP contribution in [0.4, 0.5) is 0 Å². The number of hydrogen-bond acceptors (Lipinski definition) is 8. The number of fused-ring (bicyclic) bond motifs is 4. The minimum atomic E-state index is -0.695. The van der Waals surface area contributed by atoms with Crippen molar-refractivity contribution < 1.29 is 19.1 Å². The normalized spacial score (nSPS) is 16.1. The third-order valence-electron chi connectivity index (χ3n) is 10.2. The van der Waals surface area contributed by atoms with Crippen molar-refractivity contribution in [1.29, 1.82) is 0 Å². The molecular formula is C42H44N6O4. The molecule has 0 amide bonds. The molecule has 266 valence electrons. The van der Waals surface area contributed by atoms with Crippen LogP contribution in [-0.2, 0) is 35.2 Å². The van der Waals surface area contributed by atoms with Crippen LogP contribution in [0.2, 0.25) is 0 Å². The van der Waals surface area contributed by atoms with E-state index in [-0.39, 0.29) is 11.9 Å². The maximum Gasteiger partial charge on any atom is 0.339 e. The van der Waals surface area contributed by atoms with Crippen LogP contribution in [0.3, 0.4) is 0 Å². The Morgan fingerprint density at radius 2 is 1.44 bits per heavy atom.